The molecular formula is C15H22N2O3S. The molecule has 1 rings (SSSR count). The summed E-state index contributed by atoms with van der Waals surface area (Å²) in [7, 11) is 0. The van der Waals surface area contributed by atoms with E-state index in [1.54, 1.807) is 20.8 Å². The van der Waals surface area contributed by atoms with Gasteiger partial charge in [0.15, 0.2) is 0 Å². The summed E-state index contributed by atoms with van der Waals surface area (Å²) in [4.78, 5) is 23.0. The van der Waals surface area contributed by atoms with Gasteiger partial charge in [0.2, 0.25) is 5.91 Å². The molecule has 1 atom stereocenters. The predicted molar refractivity (Wildman–Crippen MR) is 85.0 cm³/mol. The van der Waals surface area contributed by atoms with E-state index in [9.17, 15) is 9.59 Å². The summed E-state index contributed by atoms with van der Waals surface area (Å²) in [5, 5.41) is 2.50. The van der Waals surface area contributed by atoms with Crippen molar-refractivity contribution in [1.82, 2.24) is 5.32 Å². The van der Waals surface area contributed by atoms with Crippen LogP contribution in [-0.2, 0) is 15.3 Å². The van der Waals surface area contributed by atoms with Gasteiger partial charge in [0.1, 0.15) is 11.6 Å². The molecule has 5 nitrogen and oxygen atoms in total. The maximum atomic E-state index is 11.7. The number of thioether (sulfide) groups is 1. The monoisotopic (exact) mass is 310 g/mol. The summed E-state index contributed by atoms with van der Waals surface area (Å²) in [5.41, 5.74) is 5.85. The van der Waals surface area contributed by atoms with Gasteiger partial charge in [0.05, 0.1) is 0 Å². The van der Waals surface area contributed by atoms with Crippen molar-refractivity contribution < 1.29 is 14.3 Å². The standard InChI is InChI=1S/C15H22N2O3S/c1-15(2,3)20-14(19)17-12(13(16)18)10-21-9-11-7-5-4-6-8-11/h4-8,12H,9-10H2,1-3H3,(H2,16,18)(H,17,19). The molecule has 2 amide bonds. The number of amides is 2. The van der Waals surface area contributed by atoms with Crippen LogP contribution in [0.5, 0.6) is 0 Å². The Balaban J connectivity index is 2.43. The summed E-state index contributed by atoms with van der Waals surface area (Å²) < 4.78 is 5.12. The first-order valence-corrected chi connectivity index (χ1v) is 7.84. The quantitative estimate of drug-likeness (QED) is 0.844. The lowest BCUT2D eigenvalue weighted by Gasteiger charge is -2.22. The van der Waals surface area contributed by atoms with Crippen molar-refractivity contribution in [2.45, 2.75) is 38.2 Å². The van der Waals surface area contributed by atoms with Gasteiger partial charge in [-0.25, -0.2) is 4.79 Å². The second-order valence-electron chi connectivity index (χ2n) is 5.60. The van der Waals surface area contributed by atoms with Crippen LogP contribution in [0.4, 0.5) is 4.79 Å². The largest absolute Gasteiger partial charge is 0.444 e. The molecular weight excluding hydrogens is 288 g/mol. The fourth-order valence-electron chi connectivity index (χ4n) is 1.51. The Kier molecular flexibility index (Phi) is 6.55. The van der Waals surface area contributed by atoms with Crippen molar-refractivity contribution in [3.63, 3.8) is 0 Å². The zero-order valence-electron chi connectivity index (χ0n) is 12.6. The molecule has 1 aromatic carbocycles. The summed E-state index contributed by atoms with van der Waals surface area (Å²) in [6.45, 7) is 5.28. The SMILES string of the molecule is CC(C)(C)OC(=O)NC(CSCc1ccccc1)C(N)=O. The molecule has 116 valence electrons. The Morgan fingerprint density at radius 3 is 2.43 bits per heavy atom. The summed E-state index contributed by atoms with van der Waals surface area (Å²) in [6, 6.07) is 9.14. The zero-order valence-corrected chi connectivity index (χ0v) is 13.4. The molecule has 0 aliphatic heterocycles. The number of primary amides is 1. The minimum Gasteiger partial charge on any atom is -0.444 e. The molecule has 0 aromatic heterocycles. The van der Waals surface area contributed by atoms with Crippen molar-refractivity contribution in [3.05, 3.63) is 35.9 Å². The number of alkyl carbamates (subject to hydrolysis) is 1. The average Bonchev–Trinajstić information content (AvgIpc) is 2.36. The van der Waals surface area contributed by atoms with E-state index in [2.05, 4.69) is 5.32 Å². The molecule has 0 aliphatic carbocycles. The summed E-state index contributed by atoms with van der Waals surface area (Å²) in [6.07, 6.45) is -0.633. The number of nitrogens with two attached hydrogens (primary N) is 1. The third-order valence-corrected chi connectivity index (χ3v) is 3.54. The highest BCUT2D eigenvalue weighted by molar-refractivity contribution is 7.98. The lowest BCUT2D eigenvalue weighted by molar-refractivity contribution is -0.119. The maximum Gasteiger partial charge on any atom is 0.408 e. The summed E-state index contributed by atoms with van der Waals surface area (Å²) in [5.74, 6) is 0.589. The lowest BCUT2D eigenvalue weighted by atomic mass is 10.2. The first kappa shape index (κ1) is 17.4. The molecule has 0 saturated carbocycles. The second kappa shape index (κ2) is 7.93. The minimum absolute atomic E-state index is 0.406. The van der Waals surface area contributed by atoms with E-state index >= 15 is 0 Å². The smallest absolute Gasteiger partial charge is 0.408 e. The Hall–Kier alpha value is -1.69. The van der Waals surface area contributed by atoms with Gasteiger partial charge < -0.3 is 15.8 Å². The molecule has 0 radical (unpaired) electrons. The van der Waals surface area contributed by atoms with Crippen molar-refractivity contribution in [1.29, 1.82) is 0 Å². The van der Waals surface area contributed by atoms with Crippen molar-refractivity contribution in [3.8, 4) is 0 Å². The van der Waals surface area contributed by atoms with Gasteiger partial charge >= 0.3 is 6.09 Å². The number of carbonyl (C=O) groups excluding carboxylic acids is 2. The van der Waals surface area contributed by atoms with Crippen LogP contribution in [-0.4, -0.2) is 29.4 Å². The molecule has 3 N–H and O–H groups in total. The zero-order chi connectivity index (χ0) is 15.9. The Morgan fingerprint density at radius 1 is 1.29 bits per heavy atom. The molecule has 6 heteroatoms. The van der Waals surface area contributed by atoms with Crippen molar-refractivity contribution in [2.75, 3.05) is 5.75 Å². The van der Waals surface area contributed by atoms with Gasteiger partial charge in [0, 0.05) is 11.5 Å². The molecule has 21 heavy (non-hydrogen) atoms. The molecule has 0 spiro atoms. The number of carbonyl (C=O) groups is 2. The maximum absolute atomic E-state index is 11.7. The number of rotatable bonds is 6. The lowest BCUT2D eigenvalue weighted by Crippen LogP contribution is -2.47. The number of hydrogen-bond donors (Lipinski definition) is 2. The highest BCUT2D eigenvalue weighted by atomic mass is 32.2. The van der Waals surface area contributed by atoms with Crippen LogP contribution >= 0.6 is 11.8 Å². The molecule has 0 fully saturated rings. The first-order chi connectivity index (χ1) is 9.78. The Bertz CT molecular complexity index is 472. The Labute approximate surface area is 129 Å². The van der Waals surface area contributed by atoms with Crippen LogP contribution in [0.2, 0.25) is 0 Å². The number of benzene rings is 1. The van der Waals surface area contributed by atoms with Gasteiger partial charge in [0.25, 0.3) is 0 Å². The van der Waals surface area contributed by atoms with Gasteiger partial charge in [-0.3, -0.25) is 4.79 Å². The van der Waals surface area contributed by atoms with Gasteiger partial charge in [-0.2, -0.15) is 11.8 Å². The van der Waals surface area contributed by atoms with E-state index in [-0.39, 0.29) is 0 Å². The van der Waals surface area contributed by atoms with Crippen LogP contribution in [0.15, 0.2) is 30.3 Å². The third-order valence-electron chi connectivity index (χ3n) is 2.43. The molecule has 1 aromatic rings. The average molecular weight is 310 g/mol. The summed E-state index contributed by atoms with van der Waals surface area (Å²) >= 11 is 1.53. The molecule has 0 aliphatic rings. The molecule has 0 heterocycles. The third kappa shape index (κ3) is 7.60. The van der Waals surface area contributed by atoms with Crippen LogP contribution in [0.25, 0.3) is 0 Å². The van der Waals surface area contributed by atoms with E-state index in [1.165, 1.54) is 11.8 Å². The highest BCUT2D eigenvalue weighted by Crippen LogP contribution is 2.13. The van der Waals surface area contributed by atoms with E-state index in [4.69, 9.17) is 10.5 Å². The fourth-order valence-corrected chi connectivity index (χ4v) is 2.54. The fraction of sp³-hybridized carbons (Fsp3) is 0.467. The van der Waals surface area contributed by atoms with E-state index in [1.807, 2.05) is 30.3 Å². The molecule has 1 unspecified atom stereocenters. The predicted octanol–water partition coefficient (Wildman–Crippen LogP) is 2.30. The number of hydrogen-bond acceptors (Lipinski definition) is 4. The van der Waals surface area contributed by atoms with Crippen molar-refractivity contribution >= 4 is 23.8 Å². The van der Waals surface area contributed by atoms with Crippen LogP contribution in [0.3, 0.4) is 0 Å². The number of nitrogens with one attached hydrogen (secondary N) is 1. The second-order valence-corrected chi connectivity index (χ2v) is 6.63. The highest BCUT2D eigenvalue weighted by Gasteiger charge is 2.22. The number of ether oxygens (including phenoxy) is 1. The molecule has 0 bridgehead atoms. The van der Waals surface area contributed by atoms with E-state index in [0.29, 0.717) is 5.75 Å². The van der Waals surface area contributed by atoms with E-state index in [0.717, 1.165) is 11.3 Å². The van der Waals surface area contributed by atoms with Gasteiger partial charge in [-0.05, 0) is 26.3 Å². The van der Waals surface area contributed by atoms with Crippen LogP contribution in [0.1, 0.15) is 26.3 Å². The van der Waals surface area contributed by atoms with Crippen LogP contribution in [0, 0.1) is 0 Å². The van der Waals surface area contributed by atoms with Gasteiger partial charge in [-0.1, -0.05) is 30.3 Å². The topological polar surface area (TPSA) is 81.4 Å². The van der Waals surface area contributed by atoms with Crippen molar-refractivity contribution in [2.24, 2.45) is 5.73 Å². The first-order valence-electron chi connectivity index (χ1n) is 6.68. The van der Waals surface area contributed by atoms with Crippen LogP contribution < -0.4 is 11.1 Å². The Morgan fingerprint density at radius 2 is 1.90 bits per heavy atom. The van der Waals surface area contributed by atoms with E-state index < -0.39 is 23.6 Å². The minimum atomic E-state index is -0.742. The van der Waals surface area contributed by atoms with Gasteiger partial charge in [-0.15, -0.1) is 0 Å². The normalized spacial score (nSPS) is 12.5. The molecule has 0 saturated heterocycles.